The lowest BCUT2D eigenvalue weighted by Crippen LogP contribution is -1.93. The van der Waals surface area contributed by atoms with Crippen molar-refractivity contribution in [2.24, 2.45) is 0 Å². The van der Waals surface area contributed by atoms with E-state index in [1.807, 2.05) is 0 Å². The molecule has 0 saturated carbocycles. The number of carboxylic acids is 1. The highest BCUT2D eigenvalue weighted by Crippen LogP contribution is 2.14. The molecule has 2 aromatic carbocycles. The number of rotatable bonds is 16. The van der Waals surface area contributed by atoms with Gasteiger partial charge in [0, 0.05) is 6.42 Å². The van der Waals surface area contributed by atoms with Gasteiger partial charge in [0.25, 0.3) is 0 Å². The van der Waals surface area contributed by atoms with Gasteiger partial charge in [0.05, 0.1) is 0 Å². The van der Waals surface area contributed by atoms with Crippen molar-refractivity contribution in [2.75, 3.05) is 0 Å². The molecule has 0 aromatic heterocycles. The van der Waals surface area contributed by atoms with Gasteiger partial charge in [-0.05, 0) is 17.2 Å². The maximum absolute atomic E-state index is 10.3. The van der Waals surface area contributed by atoms with Crippen LogP contribution in [0.2, 0.25) is 0 Å². The zero-order valence-corrected chi connectivity index (χ0v) is 20.8. The Bertz CT molecular complexity index is 591. The first-order chi connectivity index (χ1) is 14.7. The van der Waals surface area contributed by atoms with E-state index in [1.165, 1.54) is 94.2 Å². The van der Waals surface area contributed by atoms with Crippen LogP contribution in [0.25, 0.3) is 10.8 Å². The lowest BCUT2D eigenvalue weighted by molar-refractivity contribution is -0.137. The Morgan fingerprint density at radius 1 is 0.581 bits per heavy atom. The zero-order valence-electron chi connectivity index (χ0n) is 19.8. The Morgan fingerprint density at radius 3 is 1.16 bits per heavy atom. The second kappa shape index (κ2) is 21.7. The summed E-state index contributed by atoms with van der Waals surface area (Å²) in [5.41, 5.74) is 0. The summed E-state index contributed by atoms with van der Waals surface area (Å²) in [6.07, 6.45) is 20.2. The first-order valence-corrected chi connectivity index (χ1v) is 12.4. The zero-order chi connectivity index (χ0) is 21.7. The van der Waals surface area contributed by atoms with E-state index < -0.39 is 5.97 Å². The van der Waals surface area contributed by atoms with E-state index >= 15 is 0 Å². The third-order valence-corrected chi connectivity index (χ3v) is 5.65. The molecule has 0 saturated heterocycles. The predicted molar refractivity (Wildman–Crippen MR) is 142 cm³/mol. The third-order valence-electron chi connectivity index (χ3n) is 5.65. The summed E-state index contributed by atoms with van der Waals surface area (Å²) in [7, 11) is 0. The molecule has 0 amide bonds. The van der Waals surface area contributed by atoms with E-state index in [-0.39, 0.29) is 13.5 Å². The lowest BCUT2D eigenvalue weighted by Gasteiger charge is -2.03. The molecule has 31 heavy (non-hydrogen) atoms. The largest absolute Gasteiger partial charge is 0.481 e. The minimum Gasteiger partial charge on any atom is -0.481 e. The summed E-state index contributed by atoms with van der Waals surface area (Å²) in [6, 6.07) is 16.7. The molecule has 176 valence electrons. The van der Waals surface area contributed by atoms with Gasteiger partial charge >= 0.3 is 5.97 Å². The van der Waals surface area contributed by atoms with Crippen molar-refractivity contribution >= 4 is 30.2 Å². The van der Waals surface area contributed by atoms with Gasteiger partial charge in [-0.25, -0.2) is 0 Å². The Labute approximate surface area is 198 Å². The van der Waals surface area contributed by atoms with Crippen molar-refractivity contribution in [1.82, 2.24) is 0 Å². The monoisotopic (exact) mass is 446 g/mol. The molecule has 0 radical (unpaired) electrons. The molecule has 0 aliphatic rings. The fraction of sp³-hybridized carbons (Fsp3) is 0.607. The second-order valence-corrected chi connectivity index (χ2v) is 8.44. The molecular formula is C28H46O2S. The van der Waals surface area contributed by atoms with Crippen molar-refractivity contribution in [1.29, 1.82) is 0 Å². The van der Waals surface area contributed by atoms with Crippen LogP contribution in [0.5, 0.6) is 0 Å². The summed E-state index contributed by atoms with van der Waals surface area (Å²) >= 11 is 0. The molecule has 0 spiro atoms. The Balaban J connectivity index is 0.000000675. The molecule has 0 fully saturated rings. The molecule has 2 rings (SSSR count). The fourth-order valence-corrected chi connectivity index (χ4v) is 3.78. The van der Waals surface area contributed by atoms with Crippen LogP contribution in [-0.4, -0.2) is 11.1 Å². The highest BCUT2D eigenvalue weighted by Gasteiger charge is 1.97. The SMILES string of the molecule is CCCCCCCCCCCCCCCCCC(=O)O.S.c1ccc2ccccc2c1. The Kier molecular flexibility index (Phi) is 20.7. The quantitative estimate of drug-likeness (QED) is 0.261. The number of carboxylic acid groups (broad SMARTS) is 1. The van der Waals surface area contributed by atoms with Crippen LogP contribution >= 0.6 is 13.5 Å². The number of unbranched alkanes of at least 4 members (excludes halogenated alkanes) is 14. The van der Waals surface area contributed by atoms with E-state index in [4.69, 9.17) is 5.11 Å². The van der Waals surface area contributed by atoms with Crippen LogP contribution in [0.4, 0.5) is 0 Å². The summed E-state index contributed by atoms with van der Waals surface area (Å²) in [6.45, 7) is 2.27. The van der Waals surface area contributed by atoms with Crippen LogP contribution < -0.4 is 0 Å². The van der Waals surface area contributed by atoms with Crippen molar-refractivity contribution < 1.29 is 9.90 Å². The van der Waals surface area contributed by atoms with Gasteiger partial charge in [-0.1, -0.05) is 145 Å². The molecule has 0 aliphatic heterocycles. The topological polar surface area (TPSA) is 37.3 Å². The minimum atomic E-state index is -0.653. The minimum absolute atomic E-state index is 0. The summed E-state index contributed by atoms with van der Waals surface area (Å²) in [4.78, 5) is 10.3. The molecular weight excluding hydrogens is 400 g/mol. The van der Waals surface area contributed by atoms with Crippen LogP contribution in [0.3, 0.4) is 0 Å². The van der Waals surface area contributed by atoms with Crippen LogP contribution in [0.1, 0.15) is 110 Å². The van der Waals surface area contributed by atoms with Crippen molar-refractivity contribution in [3.8, 4) is 0 Å². The predicted octanol–water partition coefficient (Wildman–Crippen LogP) is 9.29. The van der Waals surface area contributed by atoms with E-state index in [0.717, 1.165) is 12.8 Å². The Morgan fingerprint density at radius 2 is 0.871 bits per heavy atom. The van der Waals surface area contributed by atoms with Crippen molar-refractivity contribution in [2.45, 2.75) is 110 Å². The summed E-state index contributed by atoms with van der Waals surface area (Å²) in [5.74, 6) is -0.653. The van der Waals surface area contributed by atoms with E-state index in [1.54, 1.807) is 0 Å². The van der Waals surface area contributed by atoms with Crippen LogP contribution in [0.15, 0.2) is 48.5 Å². The number of fused-ring (bicyclic) bond motifs is 1. The van der Waals surface area contributed by atoms with Gasteiger partial charge in [-0.3, -0.25) is 4.79 Å². The first-order valence-electron chi connectivity index (χ1n) is 12.4. The summed E-state index contributed by atoms with van der Waals surface area (Å²) < 4.78 is 0. The molecule has 3 heteroatoms. The fourth-order valence-electron chi connectivity index (χ4n) is 3.78. The molecule has 2 aromatic rings. The number of benzene rings is 2. The smallest absolute Gasteiger partial charge is 0.303 e. The van der Waals surface area contributed by atoms with Gasteiger partial charge in [0.15, 0.2) is 0 Å². The molecule has 0 bridgehead atoms. The highest BCUT2D eigenvalue weighted by molar-refractivity contribution is 7.59. The number of hydrogen-bond acceptors (Lipinski definition) is 1. The molecule has 0 heterocycles. The van der Waals surface area contributed by atoms with E-state index in [2.05, 4.69) is 55.5 Å². The standard InChI is InChI=1S/C18H36O2.C10H8.H2S/c1-2-3-4-5-6-7-8-9-10-11-12-13-14-15-16-17-18(19)20;1-2-6-10-8-4-3-7-9(10)5-1;/h2-17H2,1H3,(H,19,20);1-8H;1H2. The normalized spacial score (nSPS) is 10.2. The van der Waals surface area contributed by atoms with Gasteiger partial charge in [0.2, 0.25) is 0 Å². The average Bonchev–Trinajstić information content (AvgIpc) is 2.77. The first kappa shape index (κ1) is 29.5. The maximum atomic E-state index is 10.3. The second-order valence-electron chi connectivity index (χ2n) is 8.44. The van der Waals surface area contributed by atoms with Gasteiger partial charge in [0.1, 0.15) is 0 Å². The Hall–Kier alpha value is -1.48. The van der Waals surface area contributed by atoms with Gasteiger partial charge in [-0.2, -0.15) is 13.5 Å². The number of hydrogen-bond donors (Lipinski definition) is 1. The molecule has 0 atom stereocenters. The highest BCUT2D eigenvalue weighted by atomic mass is 32.1. The number of carbonyl (C=O) groups is 1. The van der Waals surface area contributed by atoms with Crippen LogP contribution in [-0.2, 0) is 4.79 Å². The molecule has 2 nitrogen and oxygen atoms in total. The van der Waals surface area contributed by atoms with Crippen molar-refractivity contribution in [3.05, 3.63) is 48.5 Å². The van der Waals surface area contributed by atoms with E-state index in [0.29, 0.717) is 6.42 Å². The molecule has 1 N–H and O–H groups in total. The summed E-state index contributed by atoms with van der Waals surface area (Å²) in [5, 5.41) is 11.1. The number of aliphatic carboxylic acids is 1. The van der Waals surface area contributed by atoms with Gasteiger partial charge < -0.3 is 5.11 Å². The van der Waals surface area contributed by atoms with E-state index in [9.17, 15) is 4.79 Å². The molecule has 0 aliphatic carbocycles. The van der Waals surface area contributed by atoms with Crippen molar-refractivity contribution in [3.63, 3.8) is 0 Å². The molecule has 0 unspecified atom stereocenters. The third kappa shape index (κ3) is 17.9. The maximum Gasteiger partial charge on any atom is 0.303 e. The van der Waals surface area contributed by atoms with Gasteiger partial charge in [-0.15, -0.1) is 0 Å². The van der Waals surface area contributed by atoms with Crippen LogP contribution in [0, 0.1) is 0 Å². The average molecular weight is 447 g/mol. The lowest BCUT2D eigenvalue weighted by atomic mass is 10.0.